The number of carbonyl (C=O) groups excluding carboxylic acids is 1. The van der Waals surface area contributed by atoms with Gasteiger partial charge >= 0.3 is 6.03 Å². The zero-order valence-corrected chi connectivity index (χ0v) is 14.7. The number of carbonyl (C=O) groups is 1. The molecular weight excluding hydrogens is 302 g/mol. The van der Waals surface area contributed by atoms with Crippen LogP contribution >= 0.6 is 0 Å². The smallest absolute Gasteiger partial charge is 0.315 e. The maximum Gasteiger partial charge on any atom is 0.315 e. The number of aliphatic hydroxyl groups excluding tert-OH is 1. The van der Waals surface area contributed by atoms with Crippen molar-refractivity contribution in [3.63, 3.8) is 0 Å². The highest BCUT2D eigenvalue weighted by atomic mass is 16.3. The second-order valence-corrected chi connectivity index (χ2v) is 6.27. The molecule has 2 amide bonds. The van der Waals surface area contributed by atoms with Gasteiger partial charge in [0.05, 0.1) is 0 Å². The van der Waals surface area contributed by atoms with E-state index in [1.165, 1.54) is 5.56 Å². The molecule has 0 bridgehead atoms. The molecule has 0 aliphatic heterocycles. The van der Waals surface area contributed by atoms with E-state index in [9.17, 15) is 4.79 Å². The summed E-state index contributed by atoms with van der Waals surface area (Å²) in [6.45, 7) is 8.04. The lowest BCUT2D eigenvalue weighted by atomic mass is 10.1. The summed E-state index contributed by atoms with van der Waals surface area (Å²) in [7, 11) is 0. The molecule has 1 aromatic rings. The molecular formula is C19H29N3O2. The predicted molar refractivity (Wildman–Crippen MR) is 96.6 cm³/mol. The quantitative estimate of drug-likeness (QED) is 0.640. The fourth-order valence-electron chi connectivity index (χ4n) is 2.89. The fourth-order valence-corrected chi connectivity index (χ4v) is 2.89. The van der Waals surface area contributed by atoms with E-state index in [-0.39, 0.29) is 24.6 Å². The van der Waals surface area contributed by atoms with Gasteiger partial charge in [-0.15, -0.1) is 0 Å². The molecule has 24 heavy (non-hydrogen) atoms. The van der Waals surface area contributed by atoms with E-state index in [0.717, 1.165) is 31.6 Å². The third kappa shape index (κ3) is 5.65. The molecule has 1 aromatic carbocycles. The van der Waals surface area contributed by atoms with E-state index in [4.69, 9.17) is 5.11 Å². The Hall–Kier alpha value is -1.85. The lowest BCUT2D eigenvalue weighted by Gasteiger charge is -2.18. The summed E-state index contributed by atoms with van der Waals surface area (Å²) in [5, 5.41) is 14.9. The van der Waals surface area contributed by atoms with Gasteiger partial charge in [0, 0.05) is 31.7 Å². The molecule has 5 nitrogen and oxygen atoms in total. The molecule has 132 valence electrons. The first-order valence-electron chi connectivity index (χ1n) is 8.78. The lowest BCUT2D eigenvalue weighted by molar-refractivity contribution is 0.231. The van der Waals surface area contributed by atoms with E-state index in [1.54, 1.807) is 0 Å². The Morgan fingerprint density at radius 2 is 1.83 bits per heavy atom. The zero-order valence-electron chi connectivity index (χ0n) is 14.7. The summed E-state index contributed by atoms with van der Waals surface area (Å²) in [6.07, 6.45) is 4.67. The summed E-state index contributed by atoms with van der Waals surface area (Å²) < 4.78 is 0. The Bertz CT molecular complexity index is 538. The maximum absolute atomic E-state index is 11.9. The molecule has 0 radical (unpaired) electrons. The fraction of sp³-hybridized carbons (Fsp3) is 0.526. The van der Waals surface area contributed by atoms with E-state index < -0.39 is 0 Å². The number of amides is 2. The molecule has 0 aromatic heterocycles. The molecule has 1 aliphatic carbocycles. The number of hydrogen-bond donors (Lipinski definition) is 3. The molecule has 2 rings (SSSR count). The molecule has 0 unspecified atom stereocenters. The minimum Gasteiger partial charge on any atom is -0.396 e. The summed E-state index contributed by atoms with van der Waals surface area (Å²) in [6, 6.07) is 8.22. The first-order chi connectivity index (χ1) is 11.6. The van der Waals surface area contributed by atoms with Crippen molar-refractivity contribution in [1.82, 2.24) is 15.5 Å². The Morgan fingerprint density at radius 1 is 1.17 bits per heavy atom. The van der Waals surface area contributed by atoms with Crippen LogP contribution < -0.4 is 10.6 Å². The lowest BCUT2D eigenvalue weighted by Crippen LogP contribution is -2.40. The van der Waals surface area contributed by atoms with Gasteiger partial charge in [-0.3, -0.25) is 4.90 Å². The van der Waals surface area contributed by atoms with Crippen molar-refractivity contribution >= 4 is 6.03 Å². The molecule has 0 saturated heterocycles. The highest BCUT2D eigenvalue weighted by Gasteiger charge is 2.19. The molecule has 0 fully saturated rings. The summed E-state index contributed by atoms with van der Waals surface area (Å²) in [5.41, 5.74) is 2.38. The molecule has 0 saturated carbocycles. The van der Waals surface area contributed by atoms with Gasteiger partial charge in [0.25, 0.3) is 0 Å². The average Bonchev–Trinajstić information content (AvgIpc) is 3.06. The topological polar surface area (TPSA) is 64.6 Å². The van der Waals surface area contributed by atoms with Crippen LogP contribution in [0.25, 0.3) is 0 Å². The number of nitrogens with one attached hydrogen (secondary N) is 2. The number of aliphatic hydroxyl groups is 1. The SMILES string of the molecule is CCN(CC)Cc1ccc(CNC(=O)N[C@@H]2C=C[C@H](CO)C2)cc1. The van der Waals surface area contributed by atoms with E-state index in [1.807, 2.05) is 12.2 Å². The van der Waals surface area contributed by atoms with Gasteiger partial charge in [-0.1, -0.05) is 50.3 Å². The highest BCUT2D eigenvalue weighted by molar-refractivity contribution is 5.74. The van der Waals surface area contributed by atoms with Gasteiger partial charge in [-0.2, -0.15) is 0 Å². The second kappa shape index (κ2) is 9.45. The van der Waals surface area contributed by atoms with Gasteiger partial charge in [0.1, 0.15) is 0 Å². The van der Waals surface area contributed by atoms with Crippen LogP contribution in [0.1, 0.15) is 31.4 Å². The first-order valence-corrected chi connectivity index (χ1v) is 8.78. The summed E-state index contributed by atoms with van der Waals surface area (Å²) >= 11 is 0. The van der Waals surface area contributed by atoms with Gasteiger partial charge in [-0.25, -0.2) is 4.79 Å². The first kappa shape index (κ1) is 18.5. The van der Waals surface area contributed by atoms with Crippen LogP contribution in [0, 0.1) is 5.92 Å². The normalized spacial score (nSPS) is 19.7. The summed E-state index contributed by atoms with van der Waals surface area (Å²) in [5.74, 6) is 0.161. The Kier molecular flexibility index (Phi) is 7.28. The van der Waals surface area contributed by atoms with Gasteiger partial charge < -0.3 is 15.7 Å². The van der Waals surface area contributed by atoms with Gasteiger partial charge in [-0.05, 0) is 30.6 Å². The monoisotopic (exact) mass is 331 g/mol. The largest absolute Gasteiger partial charge is 0.396 e. The third-order valence-corrected chi connectivity index (χ3v) is 4.50. The number of rotatable bonds is 8. The number of urea groups is 1. The van der Waals surface area contributed by atoms with E-state index in [2.05, 4.69) is 53.6 Å². The van der Waals surface area contributed by atoms with Crippen molar-refractivity contribution in [2.75, 3.05) is 19.7 Å². The Morgan fingerprint density at radius 3 is 2.42 bits per heavy atom. The standard InChI is InChI=1S/C19H29N3O2/c1-3-22(4-2)13-16-7-5-15(6-8-16)12-20-19(24)21-18-10-9-17(11-18)14-23/h5-10,17-18,23H,3-4,11-14H2,1-2H3,(H2,20,21,24)/t17-,18+/m0/s1. The van der Waals surface area contributed by atoms with Crippen molar-refractivity contribution in [2.45, 2.75) is 39.4 Å². The maximum atomic E-state index is 11.9. The molecule has 0 spiro atoms. The van der Waals surface area contributed by atoms with Crippen molar-refractivity contribution < 1.29 is 9.90 Å². The zero-order chi connectivity index (χ0) is 17.4. The molecule has 1 aliphatic rings. The minimum atomic E-state index is -0.171. The van der Waals surface area contributed by atoms with Crippen LogP contribution in [0.4, 0.5) is 4.79 Å². The average molecular weight is 331 g/mol. The van der Waals surface area contributed by atoms with Crippen LogP contribution in [-0.2, 0) is 13.1 Å². The van der Waals surface area contributed by atoms with Crippen LogP contribution in [-0.4, -0.2) is 41.8 Å². The van der Waals surface area contributed by atoms with Crippen molar-refractivity contribution in [3.8, 4) is 0 Å². The van der Waals surface area contributed by atoms with Gasteiger partial charge in [0.15, 0.2) is 0 Å². The van der Waals surface area contributed by atoms with Crippen molar-refractivity contribution in [2.24, 2.45) is 5.92 Å². The van der Waals surface area contributed by atoms with Crippen molar-refractivity contribution in [1.29, 1.82) is 0 Å². The second-order valence-electron chi connectivity index (χ2n) is 6.27. The summed E-state index contributed by atoms with van der Waals surface area (Å²) in [4.78, 5) is 14.3. The van der Waals surface area contributed by atoms with Crippen LogP contribution in [0.5, 0.6) is 0 Å². The van der Waals surface area contributed by atoms with Crippen LogP contribution in [0.2, 0.25) is 0 Å². The third-order valence-electron chi connectivity index (χ3n) is 4.50. The Labute approximate surface area is 144 Å². The van der Waals surface area contributed by atoms with Crippen LogP contribution in [0.3, 0.4) is 0 Å². The van der Waals surface area contributed by atoms with Crippen molar-refractivity contribution in [3.05, 3.63) is 47.5 Å². The number of nitrogens with zero attached hydrogens (tertiary/aromatic N) is 1. The van der Waals surface area contributed by atoms with E-state index >= 15 is 0 Å². The van der Waals surface area contributed by atoms with Crippen LogP contribution in [0.15, 0.2) is 36.4 Å². The molecule has 3 N–H and O–H groups in total. The number of benzene rings is 1. The molecule has 2 atom stereocenters. The molecule has 5 heteroatoms. The predicted octanol–water partition coefficient (Wildman–Crippen LogP) is 2.26. The molecule has 0 heterocycles. The van der Waals surface area contributed by atoms with E-state index in [0.29, 0.717) is 6.54 Å². The van der Waals surface area contributed by atoms with Gasteiger partial charge in [0.2, 0.25) is 0 Å². The Balaban J connectivity index is 1.74. The number of hydrogen-bond acceptors (Lipinski definition) is 3. The minimum absolute atomic E-state index is 0.0126. The highest BCUT2D eigenvalue weighted by Crippen LogP contribution is 2.16.